The maximum Gasteiger partial charge on any atom is 0.283 e. The van der Waals surface area contributed by atoms with E-state index in [0.29, 0.717) is 45.2 Å². The topological polar surface area (TPSA) is 169 Å². The Labute approximate surface area is 228 Å². The van der Waals surface area contributed by atoms with E-state index < -0.39 is 9.85 Å². The Balaban J connectivity index is 1.52. The number of rotatable bonds is 17. The van der Waals surface area contributed by atoms with Crippen molar-refractivity contribution in [1.29, 1.82) is 0 Å². The first-order valence-corrected chi connectivity index (χ1v) is 14.1. The predicted molar refractivity (Wildman–Crippen MR) is 149 cm³/mol. The van der Waals surface area contributed by atoms with E-state index in [0.717, 1.165) is 38.5 Å². The molecule has 2 N–H and O–H groups in total. The molecule has 14 heteroatoms. The van der Waals surface area contributed by atoms with Gasteiger partial charge >= 0.3 is 0 Å². The Morgan fingerprint density at radius 2 is 1.13 bits per heavy atom. The normalized spacial score (nSPS) is 11.3. The van der Waals surface area contributed by atoms with Gasteiger partial charge in [0.15, 0.2) is 0 Å². The Bertz CT molecular complexity index is 1080. The van der Waals surface area contributed by atoms with Crippen LogP contribution in [0, 0.1) is 20.2 Å². The molecule has 0 saturated heterocycles. The maximum absolute atomic E-state index is 11.9. The Kier molecular flexibility index (Phi) is 13.2. The van der Waals surface area contributed by atoms with Crippen molar-refractivity contribution in [3.05, 3.63) is 51.9 Å². The van der Waals surface area contributed by atoms with Crippen LogP contribution in [0.1, 0.15) is 84.7 Å². The second-order valence-electron chi connectivity index (χ2n) is 8.34. The van der Waals surface area contributed by atoms with Gasteiger partial charge in [-0.1, -0.05) is 39.5 Å². The first-order chi connectivity index (χ1) is 18.2. The van der Waals surface area contributed by atoms with Crippen LogP contribution in [0.4, 0.5) is 11.4 Å². The second-order valence-corrected chi connectivity index (χ2v) is 10.7. The number of nitrogens with one attached hydrogen (secondary N) is 2. The summed E-state index contributed by atoms with van der Waals surface area (Å²) in [6.07, 6.45) is 9.78. The van der Waals surface area contributed by atoms with Gasteiger partial charge in [-0.3, -0.25) is 29.8 Å². The van der Waals surface area contributed by atoms with Crippen LogP contribution in [0.3, 0.4) is 0 Å². The maximum atomic E-state index is 11.9. The van der Waals surface area contributed by atoms with Crippen molar-refractivity contribution in [2.75, 3.05) is 0 Å². The monoisotopic (exact) mass is 564 g/mol. The molecule has 206 valence electrons. The van der Waals surface area contributed by atoms with E-state index in [-0.39, 0.29) is 23.2 Å². The lowest BCUT2D eigenvalue weighted by Gasteiger charge is -2.02. The third-order valence-corrected chi connectivity index (χ3v) is 7.87. The van der Waals surface area contributed by atoms with Crippen molar-refractivity contribution in [1.82, 2.24) is 10.9 Å². The molecular formula is C24H32N6O6S2. The number of nitrogens with zero attached hydrogens (tertiary/aromatic N) is 4. The largest absolute Gasteiger partial charge is 0.283 e. The predicted octanol–water partition coefficient (Wildman–Crippen LogP) is 5.47. The molecule has 2 aromatic rings. The molecule has 2 rings (SSSR count). The zero-order valence-electron chi connectivity index (χ0n) is 21.4. The van der Waals surface area contributed by atoms with Crippen molar-refractivity contribution in [3.63, 3.8) is 0 Å². The van der Waals surface area contributed by atoms with Crippen molar-refractivity contribution >= 4 is 58.3 Å². The van der Waals surface area contributed by atoms with Gasteiger partial charge in [-0.05, 0) is 25.7 Å². The number of hydrogen-bond acceptors (Lipinski definition) is 10. The lowest BCUT2D eigenvalue weighted by Crippen LogP contribution is -2.17. The standard InChI is InChI=1S/C24H32N6O6S2/c1-3-21-19(29(33)34)13-17(37-21)15-25-27-23(31)11-9-7-5-6-8-10-12-24(32)28-26-16-18-14-20(30(35)36)22(4-2)38-18/h13-16H,3-12H2,1-2H3,(H,27,31)(H,28,32)/b25-15+,26-16+. The summed E-state index contributed by atoms with van der Waals surface area (Å²) in [5.74, 6) is -0.411. The number of hydrazone groups is 2. The van der Waals surface area contributed by atoms with Gasteiger partial charge in [-0.15, -0.1) is 22.7 Å². The van der Waals surface area contributed by atoms with Gasteiger partial charge < -0.3 is 0 Å². The SMILES string of the molecule is CCc1sc(/C=N/NC(=O)CCCCCCCCC(=O)N/N=C/c2cc([N+](=O)[O-])c(CC)s2)cc1[N+](=O)[O-]. The number of thiophene rings is 2. The van der Waals surface area contributed by atoms with Gasteiger partial charge in [-0.25, -0.2) is 10.9 Å². The lowest BCUT2D eigenvalue weighted by molar-refractivity contribution is -0.385. The molecule has 38 heavy (non-hydrogen) atoms. The molecule has 0 aliphatic rings. The van der Waals surface area contributed by atoms with Crippen molar-refractivity contribution in [2.24, 2.45) is 10.2 Å². The molecule has 0 atom stereocenters. The summed E-state index contributed by atoms with van der Waals surface area (Å²) < 4.78 is 0. The van der Waals surface area contributed by atoms with Gasteiger partial charge in [0.1, 0.15) is 0 Å². The van der Waals surface area contributed by atoms with Gasteiger partial charge in [0, 0.05) is 25.0 Å². The number of amides is 2. The molecular weight excluding hydrogens is 532 g/mol. The zero-order valence-corrected chi connectivity index (χ0v) is 23.1. The minimum atomic E-state index is -0.415. The Hall–Kier alpha value is -3.52. The molecule has 0 spiro atoms. The smallest absolute Gasteiger partial charge is 0.273 e. The number of aryl methyl sites for hydroxylation is 2. The molecule has 2 amide bonds. The quantitative estimate of drug-likeness (QED) is 0.112. The van der Waals surface area contributed by atoms with Crippen molar-refractivity contribution < 1.29 is 19.4 Å². The van der Waals surface area contributed by atoms with E-state index in [9.17, 15) is 29.8 Å². The van der Waals surface area contributed by atoms with Crippen LogP contribution in [0.2, 0.25) is 0 Å². The molecule has 0 fully saturated rings. The zero-order chi connectivity index (χ0) is 27.9. The summed E-state index contributed by atoms with van der Waals surface area (Å²) in [5, 5.41) is 29.8. The highest BCUT2D eigenvalue weighted by Crippen LogP contribution is 2.29. The summed E-state index contributed by atoms with van der Waals surface area (Å²) in [5.41, 5.74) is 5.06. The fourth-order valence-corrected chi connectivity index (χ4v) is 5.43. The lowest BCUT2D eigenvalue weighted by atomic mass is 10.1. The van der Waals surface area contributed by atoms with Gasteiger partial charge in [0.25, 0.3) is 11.4 Å². The molecule has 0 radical (unpaired) electrons. The Morgan fingerprint density at radius 3 is 1.45 bits per heavy atom. The van der Waals surface area contributed by atoms with E-state index >= 15 is 0 Å². The Morgan fingerprint density at radius 1 is 0.763 bits per heavy atom. The van der Waals surface area contributed by atoms with Crippen LogP contribution in [0.25, 0.3) is 0 Å². The fourth-order valence-electron chi connectivity index (χ4n) is 3.55. The third-order valence-electron chi connectivity index (χ3n) is 5.47. The molecule has 0 aliphatic carbocycles. The van der Waals surface area contributed by atoms with Crippen molar-refractivity contribution in [3.8, 4) is 0 Å². The summed E-state index contributed by atoms with van der Waals surface area (Å²) in [6, 6.07) is 2.91. The van der Waals surface area contributed by atoms with Gasteiger partial charge in [0.05, 0.1) is 41.8 Å². The molecule has 0 aliphatic heterocycles. The molecule has 0 saturated carbocycles. The van der Waals surface area contributed by atoms with Crippen LogP contribution in [-0.2, 0) is 22.4 Å². The second kappa shape index (κ2) is 16.3. The van der Waals surface area contributed by atoms with Gasteiger partial charge in [-0.2, -0.15) is 10.2 Å². The average molecular weight is 565 g/mol. The first kappa shape index (κ1) is 30.7. The minimum absolute atomic E-state index is 0.0779. The summed E-state index contributed by atoms with van der Waals surface area (Å²) in [4.78, 5) is 47.6. The summed E-state index contributed by atoms with van der Waals surface area (Å²) >= 11 is 2.57. The van der Waals surface area contributed by atoms with E-state index in [2.05, 4.69) is 21.1 Å². The van der Waals surface area contributed by atoms with Crippen LogP contribution in [0.15, 0.2) is 22.3 Å². The van der Waals surface area contributed by atoms with E-state index in [4.69, 9.17) is 0 Å². The fraction of sp³-hybridized carbons (Fsp3) is 0.500. The molecule has 0 aromatic carbocycles. The molecule has 12 nitrogen and oxygen atoms in total. The van der Waals surface area contributed by atoms with Crippen LogP contribution in [-0.4, -0.2) is 34.1 Å². The molecule has 0 bridgehead atoms. The van der Waals surface area contributed by atoms with Crippen LogP contribution in [0.5, 0.6) is 0 Å². The highest BCUT2D eigenvalue weighted by Gasteiger charge is 2.17. The highest BCUT2D eigenvalue weighted by atomic mass is 32.1. The first-order valence-electron chi connectivity index (χ1n) is 12.4. The molecule has 2 aromatic heterocycles. The van der Waals surface area contributed by atoms with E-state index in [1.165, 1.54) is 47.2 Å². The summed E-state index contributed by atoms with van der Waals surface area (Å²) in [6.45, 7) is 3.70. The number of unbranched alkanes of at least 4 members (excludes halogenated alkanes) is 5. The van der Waals surface area contributed by atoms with E-state index in [1.54, 1.807) is 0 Å². The van der Waals surface area contributed by atoms with Crippen molar-refractivity contribution in [2.45, 2.75) is 78.1 Å². The van der Waals surface area contributed by atoms with Crippen LogP contribution >= 0.6 is 22.7 Å². The third kappa shape index (κ3) is 10.5. The van der Waals surface area contributed by atoms with Gasteiger partial charge in [0.2, 0.25) is 11.8 Å². The number of hydrogen-bond donors (Lipinski definition) is 2. The number of carbonyl (C=O) groups excluding carboxylic acids is 2. The molecule has 0 unspecified atom stereocenters. The highest BCUT2D eigenvalue weighted by molar-refractivity contribution is 7.14. The minimum Gasteiger partial charge on any atom is -0.273 e. The van der Waals surface area contributed by atoms with Crippen LogP contribution < -0.4 is 10.9 Å². The van der Waals surface area contributed by atoms with E-state index in [1.807, 2.05) is 13.8 Å². The average Bonchev–Trinajstić information content (AvgIpc) is 3.50. The molecule has 2 heterocycles. The summed E-state index contributed by atoms with van der Waals surface area (Å²) in [7, 11) is 0. The number of nitro groups is 2. The number of carbonyl (C=O) groups is 2.